The minimum Gasteiger partial charge on any atom is -0.352 e. The van der Waals surface area contributed by atoms with E-state index in [2.05, 4.69) is 35.5 Å². The average molecular weight is 464 g/mol. The van der Waals surface area contributed by atoms with Gasteiger partial charge in [0.2, 0.25) is 5.91 Å². The van der Waals surface area contributed by atoms with E-state index in [1.165, 1.54) is 0 Å². The lowest BCUT2D eigenvalue weighted by molar-refractivity contribution is -0.115. The Balaban J connectivity index is 1.43. The fourth-order valence-corrected chi connectivity index (χ4v) is 4.07. The van der Waals surface area contributed by atoms with Crippen molar-refractivity contribution in [2.75, 3.05) is 5.32 Å². The van der Waals surface area contributed by atoms with Crippen molar-refractivity contribution >= 4 is 33.5 Å². The highest BCUT2D eigenvalue weighted by Crippen LogP contribution is 2.31. The molecular weight excluding hydrogens is 442 g/mol. The number of hydrogen-bond acceptors (Lipinski definition) is 6. The quantitative estimate of drug-likeness (QED) is 0.347. The number of carbonyl (C=O) groups excluding carboxylic acids is 1. The molecule has 0 saturated carbocycles. The molecule has 0 aromatic carbocycles. The van der Waals surface area contributed by atoms with Crippen LogP contribution in [-0.2, 0) is 4.79 Å². The van der Waals surface area contributed by atoms with Crippen LogP contribution in [0, 0.1) is 6.92 Å². The first kappa shape index (κ1) is 20.7. The Kier molecular flexibility index (Phi) is 4.84. The molecule has 0 fully saturated rings. The van der Waals surface area contributed by atoms with Gasteiger partial charge in [0, 0.05) is 29.8 Å². The number of fused-ring (bicyclic) bond motifs is 2. The number of carbonyl (C=O) groups is 1. The fourth-order valence-electron chi connectivity index (χ4n) is 4.07. The summed E-state index contributed by atoms with van der Waals surface area (Å²) in [5, 5.41) is 11.5. The molecule has 0 saturated heterocycles. The maximum absolute atomic E-state index is 11.8. The van der Waals surface area contributed by atoms with Gasteiger partial charge in [-0.05, 0) is 31.2 Å². The number of rotatable bonds is 5. The zero-order valence-electron chi connectivity index (χ0n) is 19.1. The van der Waals surface area contributed by atoms with Crippen molar-refractivity contribution < 1.29 is 4.79 Å². The first-order chi connectivity index (χ1) is 17.1. The first-order valence-corrected chi connectivity index (χ1v) is 11.2. The molecule has 0 aliphatic heterocycles. The highest BCUT2D eigenvalue weighted by atomic mass is 16.1. The molecule has 6 aromatic heterocycles. The number of amides is 1. The normalized spacial score (nSPS) is 11.4. The van der Waals surface area contributed by atoms with E-state index in [-0.39, 0.29) is 5.91 Å². The number of nitrogens with zero attached hydrogens (tertiary/aromatic N) is 6. The van der Waals surface area contributed by atoms with Crippen LogP contribution < -0.4 is 5.32 Å². The summed E-state index contributed by atoms with van der Waals surface area (Å²) in [6.45, 7) is 3.76. The summed E-state index contributed by atoms with van der Waals surface area (Å²) < 4.78 is 1.96. The van der Waals surface area contributed by atoms with Gasteiger partial charge in [0.25, 0.3) is 0 Å². The van der Waals surface area contributed by atoms with Crippen LogP contribution in [0.2, 0.25) is 0 Å². The molecule has 6 aromatic rings. The molecule has 0 spiro atoms. The zero-order valence-corrected chi connectivity index (χ0v) is 19.1. The molecule has 0 radical (unpaired) electrons. The van der Waals surface area contributed by atoms with Crippen molar-refractivity contribution in [2.45, 2.75) is 20.3 Å². The Morgan fingerprint density at radius 1 is 1.09 bits per heavy atom. The molecular formula is C25H21N9O. The molecule has 3 N–H and O–H groups in total. The maximum atomic E-state index is 11.8. The summed E-state index contributed by atoms with van der Waals surface area (Å²) in [5.41, 5.74) is 7.97. The van der Waals surface area contributed by atoms with Gasteiger partial charge in [0.05, 0.1) is 64.4 Å². The van der Waals surface area contributed by atoms with Crippen molar-refractivity contribution in [3.8, 4) is 28.3 Å². The van der Waals surface area contributed by atoms with Gasteiger partial charge in [-0.1, -0.05) is 6.92 Å². The first-order valence-electron chi connectivity index (χ1n) is 11.2. The number of aryl methyl sites for hydroxylation is 1. The molecule has 0 aliphatic carbocycles. The van der Waals surface area contributed by atoms with Crippen LogP contribution in [0.25, 0.3) is 50.3 Å². The molecule has 0 aliphatic rings. The molecule has 0 bridgehead atoms. The number of H-pyrrole nitrogens is 2. The monoisotopic (exact) mass is 463 g/mol. The van der Waals surface area contributed by atoms with Gasteiger partial charge in [0.15, 0.2) is 0 Å². The summed E-state index contributed by atoms with van der Waals surface area (Å²) in [4.78, 5) is 33.1. The second kappa shape index (κ2) is 8.17. The van der Waals surface area contributed by atoms with E-state index in [1.807, 2.05) is 55.1 Å². The van der Waals surface area contributed by atoms with Crippen LogP contribution in [0.4, 0.5) is 5.69 Å². The van der Waals surface area contributed by atoms with Crippen LogP contribution in [0.1, 0.15) is 19.0 Å². The Bertz CT molecular complexity index is 1710. The number of aromatic nitrogens is 8. The third kappa shape index (κ3) is 3.70. The predicted molar refractivity (Wildman–Crippen MR) is 133 cm³/mol. The smallest absolute Gasteiger partial charge is 0.224 e. The topological polar surface area (TPSA) is 130 Å². The lowest BCUT2D eigenvalue weighted by Crippen LogP contribution is -2.09. The predicted octanol–water partition coefficient (Wildman–Crippen LogP) is 4.41. The second-order valence-corrected chi connectivity index (χ2v) is 8.25. The molecule has 0 atom stereocenters. The van der Waals surface area contributed by atoms with Gasteiger partial charge in [-0.15, -0.1) is 0 Å². The standard InChI is InChI=1S/C25H21N9O/c1-3-23(35)29-16-6-15(8-26-9-16)18-4-5-19-24(31-18)25(33-32-19)20-7-17-21(30-20)10-27-11-22(17)34-12-14(2)28-13-34/h4-13,30H,3H2,1-2H3,(H,29,35)(H,32,33). The van der Waals surface area contributed by atoms with Crippen LogP contribution in [-0.4, -0.2) is 45.6 Å². The van der Waals surface area contributed by atoms with E-state index in [9.17, 15) is 4.79 Å². The zero-order chi connectivity index (χ0) is 23.9. The van der Waals surface area contributed by atoms with Crippen molar-refractivity contribution in [3.05, 3.63) is 67.3 Å². The Hall–Kier alpha value is -4.86. The largest absolute Gasteiger partial charge is 0.352 e. The molecule has 6 heterocycles. The number of pyridine rings is 3. The van der Waals surface area contributed by atoms with Crippen molar-refractivity contribution in [3.63, 3.8) is 0 Å². The molecule has 10 heteroatoms. The van der Waals surface area contributed by atoms with E-state index in [1.54, 1.807) is 24.9 Å². The van der Waals surface area contributed by atoms with Gasteiger partial charge in [-0.3, -0.25) is 19.9 Å². The third-order valence-corrected chi connectivity index (χ3v) is 5.82. The highest BCUT2D eigenvalue weighted by molar-refractivity contribution is 5.97. The summed E-state index contributed by atoms with van der Waals surface area (Å²) in [7, 11) is 0. The lowest BCUT2D eigenvalue weighted by atomic mass is 10.1. The van der Waals surface area contributed by atoms with E-state index in [0.29, 0.717) is 17.8 Å². The van der Waals surface area contributed by atoms with Gasteiger partial charge in [-0.2, -0.15) is 5.10 Å². The van der Waals surface area contributed by atoms with E-state index in [0.717, 1.165) is 50.3 Å². The van der Waals surface area contributed by atoms with Gasteiger partial charge in [-0.25, -0.2) is 9.97 Å². The number of anilines is 1. The number of imidazole rings is 1. The summed E-state index contributed by atoms with van der Waals surface area (Å²) >= 11 is 0. The average Bonchev–Trinajstić information content (AvgIpc) is 3.61. The maximum Gasteiger partial charge on any atom is 0.224 e. The minimum atomic E-state index is -0.0667. The molecule has 1 amide bonds. The van der Waals surface area contributed by atoms with Gasteiger partial charge < -0.3 is 14.9 Å². The van der Waals surface area contributed by atoms with Crippen LogP contribution in [0.15, 0.2) is 61.6 Å². The number of hydrogen-bond donors (Lipinski definition) is 3. The Morgan fingerprint density at radius 2 is 1.97 bits per heavy atom. The Morgan fingerprint density at radius 3 is 2.80 bits per heavy atom. The lowest BCUT2D eigenvalue weighted by Gasteiger charge is -2.06. The third-order valence-electron chi connectivity index (χ3n) is 5.82. The fraction of sp³-hybridized carbons (Fsp3) is 0.120. The minimum absolute atomic E-state index is 0.0667. The summed E-state index contributed by atoms with van der Waals surface area (Å²) in [6.07, 6.45) is 11.1. The van der Waals surface area contributed by atoms with Crippen molar-refractivity contribution in [2.24, 2.45) is 0 Å². The van der Waals surface area contributed by atoms with E-state index in [4.69, 9.17) is 4.98 Å². The van der Waals surface area contributed by atoms with Crippen LogP contribution in [0.3, 0.4) is 0 Å². The molecule has 35 heavy (non-hydrogen) atoms. The summed E-state index contributed by atoms with van der Waals surface area (Å²) in [5.74, 6) is -0.0667. The van der Waals surface area contributed by atoms with Crippen LogP contribution >= 0.6 is 0 Å². The number of aromatic amines is 2. The number of nitrogens with one attached hydrogen (secondary N) is 3. The van der Waals surface area contributed by atoms with E-state index < -0.39 is 0 Å². The van der Waals surface area contributed by atoms with Gasteiger partial charge >= 0.3 is 0 Å². The SMILES string of the molecule is CCC(=O)Nc1cncc(-c2ccc3[nH]nc(-c4cc5c(-n6cnc(C)c6)cncc5[nH]4)c3n2)c1. The Labute approximate surface area is 199 Å². The highest BCUT2D eigenvalue weighted by Gasteiger charge is 2.16. The van der Waals surface area contributed by atoms with Crippen molar-refractivity contribution in [1.29, 1.82) is 0 Å². The van der Waals surface area contributed by atoms with Gasteiger partial charge in [0.1, 0.15) is 11.2 Å². The molecule has 0 unspecified atom stereocenters. The van der Waals surface area contributed by atoms with E-state index >= 15 is 0 Å². The molecule has 172 valence electrons. The van der Waals surface area contributed by atoms with Crippen molar-refractivity contribution in [1.82, 2.24) is 39.7 Å². The van der Waals surface area contributed by atoms with Crippen LogP contribution in [0.5, 0.6) is 0 Å². The molecule has 10 nitrogen and oxygen atoms in total. The summed E-state index contributed by atoms with van der Waals surface area (Å²) in [6, 6.07) is 7.76. The second-order valence-electron chi connectivity index (χ2n) is 8.25. The molecule has 6 rings (SSSR count).